The fraction of sp³-hybridized carbons (Fsp3) is 0.254. The van der Waals surface area contributed by atoms with Crippen LogP contribution in [0.25, 0.3) is 11.2 Å². The SMILES string of the molecule is C#C[C@]1(COC(=O)OCCCCCC)O[C@@H](n2cnc3c(NC(c4ccccc4)(c4ccccc4)c4ccc(OC)cc4)nc(F)nc32)C[C@@H]1OC(c1ccccc1)(c1ccccc1)c1ccc(OC)cc1. The molecule has 0 radical (unpaired) electrons. The molecule has 3 heterocycles. The third-order valence-corrected chi connectivity index (χ3v) is 13.3. The van der Waals surface area contributed by atoms with Crippen molar-refractivity contribution < 1.29 is 37.6 Å². The summed E-state index contributed by atoms with van der Waals surface area (Å²) in [5, 5.41) is 3.67. The van der Waals surface area contributed by atoms with Crippen molar-refractivity contribution >= 4 is 23.1 Å². The third kappa shape index (κ3) is 9.71. The molecule has 0 amide bonds. The Labute approximate surface area is 419 Å². The number of rotatable bonds is 20. The number of hydrogen-bond donors (Lipinski definition) is 1. The van der Waals surface area contributed by atoms with E-state index in [4.69, 9.17) is 39.8 Å². The Morgan fingerprint density at radius 2 is 1.24 bits per heavy atom. The second-order valence-corrected chi connectivity index (χ2v) is 17.5. The lowest BCUT2D eigenvalue weighted by Crippen LogP contribution is -2.49. The largest absolute Gasteiger partial charge is 0.508 e. The van der Waals surface area contributed by atoms with Gasteiger partial charge in [0.25, 0.3) is 0 Å². The lowest BCUT2D eigenvalue weighted by molar-refractivity contribution is -0.137. The number of terminal acetylenes is 1. The van der Waals surface area contributed by atoms with Crippen molar-refractivity contribution in [3.05, 3.63) is 216 Å². The number of ether oxygens (including phenoxy) is 6. The van der Waals surface area contributed by atoms with Crippen LogP contribution in [0.1, 0.15) is 78.6 Å². The minimum absolute atomic E-state index is 0.0703. The smallest absolute Gasteiger partial charge is 0.497 e. The number of carbonyl (C=O) groups is 1. The van der Waals surface area contributed by atoms with E-state index in [9.17, 15) is 4.79 Å². The number of benzene rings is 6. The molecule has 1 N–H and O–H groups in total. The number of fused-ring (bicyclic) bond motifs is 1. The molecule has 0 spiro atoms. The Balaban J connectivity index is 1.16. The maximum atomic E-state index is 16.3. The molecule has 1 aliphatic rings. The van der Waals surface area contributed by atoms with Crippen LogP contribution in [-0.2, 0) is 30.1 Å². The first-order chi connectivity index (χ1) is 35.3. The fourth-order valence-electron chi connectivity index (χ4n) is 9.63. The fourth-order valence-corrected chi connectivity index (χ4v) is 9.63. The highest BCUT2D eigenvalue weighted by Gasteiger charge is 2.55. The number of aromatic nitrogens is 4. The molecule has 2 aromatic heterocycles. The lowest BCUT2D eigenvalue weighted by Gasteiger charge is -2.41. The zero-order valence-corrected chi connectivity index (χ0v) is 40.4. The van der Waals surface area contributed by atoms with E-state index in [0.29, 0.717) is 17.9 Å². The van der Waals surface area contributed by atoms with Gasteiger partial charge in [0, 0.05) is 6.42 Å². The summed E-state index contributed by atoms with van der Waals surface area (Å²) >= 11 is 0. The lowest BCUT2D eigenvalue weighted by atomic mass is 9.77. The predicted molar refractivity (Wildman–Crippen MR) is 273 cm³/mol. The molecular formula is C59H56FN5O7. The third-order valence-electron chi connectivity index (χ3n) is 13.3. The summed E-state index contributed by atoms with van der Waals surface area (Å²) in [5.41, 5.74) is 1.05. The molecule has 6 aromatic carbocycles. The van der Waals surface area contributed by atoms with Gasteiger partial charge in [0.1, 0.15) is 41.6 Å². The van der Waals surface area contributed by atoms with E-state index in [1.165, 1.54) is 6.33 Å². The topological polar surface area (TPSA) is 128 Å². The molecule has 366 valence electrons. The van der Waals surface area contributed by atoms with Crippen molar-refractivity contribution in [2.75, 3.05) is 32.8 Å². The first-order valence-corrected chi connectivity index (χ1v) is 24.1. The Morgan fingerprint density at radius 3 is 1.76 bits per heavy atom. The molecule has 1 aliphatic heterocycles. The molecule has 3 atom stereocenters. The van der Waals surface area contributed by atoms with Crippen LogP contribution >= 0.6 is 0 Å². The van der Waals surface area contributed by atoms with Crippen LogP contribution in [0.4, 0.5) is 15.0 Å². The van der Waals surface area contributed by atoms with E-state index in [1.54, 1.807) is 18.8 Å². The van der Waals surface area contributed by atoms with Gasteiger partial charge in [-0.05, 0) is 64.1 Å². The average Bonchev–Trinajstić information content (AvgIpc) is 4.03. The first kappa shape index (κ1) is 49.0. The van der Waals surface area contributed by atoms with E-state index in [0.717, 1.165) is 52.6 Å². The second-order valence-electron chi connectivity index (χ2n) is 17.5. The standard InChI is InChI=1S/C59H56FN5O7/c1-5-7-8-21-38-69-56(66)70-40-57(6-2)50(71-59(45-26-17-11-18-27-45,46-28-19-12-20-29-46)47-32-36-49(68-4)37-33-47)39-51(72-57)65-41-61-52-53(62-55(60)63-54(52)65)64-58(42-22-13-9-14-23-42,43-24-15-10-16-25-43)44-30-34-48(67-3)35-31-44/h2,9-20,22-37,41,50-51H,5,7-8,21,38-40H2,1,3-4H3,(H,62,63,64)/t50-,51+,57+/m0/s1. The van der Waals surface area contributed by atoms with Gasteiger partial charge in [0.15, 0.2) is 22.6 Å². The van der Waals surface area contributed by atoms with E-state index in [1.807, 2.05) is 170 Å². The number of methoxy groups -OCH3 is 2. The molecule has 8 aromatic rings. The van der Waals surface area contributed by atoms with Crippen molar-refractivity contribution in [2.24, 2.45) is 0 Å². The first-order valence-electron chi connectivity index (χ1n) is 24.1. The van der Waals surface area contributed by atoms with E-state index in [-0.39, 0.29) is 30.0 Å². The molecule has 72 heavy (non-hydrogen) atoms. The molecule has 0 aliphatic carbocycles. The summed E-state index contributed by atoms with van der Waals surface area (Å²) in [6, 6.07) is 54.6. The van der Waals surface area contributed by atoms with E-state index >= 15 is 4.39 Å². The highest BCUT2D eigenvalue weighted by atomic mass is 19.1. The summed E-state index contributed by atoms with van der Waals surface area (Å²) in [7, 11) is 3.23. The summed E-state index contributed by atoms with van der Waals surface area (Å²) in [4.78, 5) is 26.9. The van der Waals surface area contributed by atoms with Gasteiger partial charge in [0.2, 0.25) is 0 Å². The van der Waals surface area contributed by atoms with Crippen LogP contribution in [-0.4, -0.2) is 64.8 Å². The normalized spacial score (nSPS) is 16.7. The molecular weight excluding hydrogens is 910 g/mol. The number of anilines is 1. The number of nitrogens with one attached hydrogen (secondary N) is 1. The number of imidazole rings is 1. The Morgan fingerprint density at radius 1 is 0.722 bits per heavy atom. The van der Waals surface area contributed by atoms with Gasteiger partial charge in [-0.2, -0.15) is 14.4 Å². The van der Waals surface area contributed by atoms with Gasteiger partial charge in [0.05, 0.1) is 27.2 Å². The number of halogens is 1. The van der Waals surface area contributed by atoms with Crippen LogP contribution in [0.15, 0.2) is 176 Å². The van der Waals surface area contributed by atoms with E-state index < -0.39 is 47.9 Å². The Hall–Kier alpha value is -8.05. The molecule has 12 nitrogen and oxygen atoms in total. The van der Waals surface area contributed by atoms with Gasteiger partial charge in [-0.25, -0.2) is 9.78 Å². The highest BCUT2D eigenvalue weighted by Crippen LogP contribution is 2.49. The molecule has 1 saturated heterocycles. The maximum absolute atomic E-state index is 16.3. The minimum atomic E-state index is -1.74. The van der Waals surface area contributed by atoms with Crippen molar-refractivity contribution in [2.45, 2.75) is 68.1 Å². The van der Waals surface area contributed by atoms with E-state index in [2.05, 4.69) is 28.1 Å². The van der Waals surface area contributed by atoms with Gasteiger partial charge in [-0.3, -0.25) is 4.57 Å². The Kier molecular flexibility index (Phi) is 14.9. The molecule has 0 saturated carbocycles. The minimum Gasteiger partial charge on any atom is -0.497 e. The number of unbranched alkanes of at least 4 members (excludes halogenated alkanes) is 3. The maximum Gasteiger partial charge on any atom is 0.508 e. The highest BCUT2D eigenvalue weighted by molar-refractivity contribution is 5.84. The van der Waals surface area contributed by atoms with Crippen LogP contribution in [0.2, 0.25) is 0 Å². The molecule has 0 unspecified atom stereocenters. The van der Waals surface area contributed by atoms with Crippen LogP contribution in [0.3, 0.4) is 0 Å². The summed E-state index contributed by atoms with van der Waals surface area (Å²) in [5.74, 6) is 4.30. The number of hydrogen-bond acceptors (Lipinski definition) is 11. The Bertz CT molecular complexity index is 3000. The van der Waals surface area contributed by atoms with Crippen LogP contribution in [0.5, 0.6) is 11.5 Å². The zero-order valence-electron chi connectivity index (χ0n) is 40.4. The monoisotopic (exact) mass is 965 g/mol. The molecule has 13 heteroatoms. The van der Waals surface area contributed by atoms with Crippen molar-refractivity contribution in [3.8, 4) is 23.8 Å². The predicted octanol–water partition coefficient (Wildman–Crippen LogP) is 11.8. The summed E-state index contributed by atoms with van der Waals surface area (Å²) in [6.07, 6.45) is 7.92. The van der Waals surface area contributed by atoms with Gasteiger partial charge in [-0.15, -0.1) is 6.42 Å². The molecule has 9 rings (SSSR count). The van der Waals surface area contributed by atoms with Crippen LogP contribution < -0.4 is 14.8 Å². The van der Waals surface area contributed by atoms with Gasteiger partial charge < -0.3 is 33.7 Å². The molecule has 0 bridgehead atoms. The van der Waals surface area contributed by atoms with Crippen LogP contribution in [0, 0.1) is 18.4 Å². The molecule has 1 fully saturated rings. The number of carbonyl (C=O) groups excluding carboxylic acids is 1. The van der Waals surface area contributed by atoms with Crippen molar-refractivity contribution in [1.29, 1.82) is 0 Å². The quantitative estimate of drug-likeness (QED) is 0.0258. The van der Waals surface area contributed by atoms with Gasteiger partial charge in [-0.1, -0.05) is 178 Å². The average molecular weight is 966 g/mol. The van der Waals surface area contributed by atoms with Crippen molar-refractivity contribution in [1.82, 2.24) is 19.5 Å². The van der Waals surface area contributed by atoms with Crippen molar-refractivity contribution in [3.63, 3.8) is 0 Å². The summed E-state index contributed by atoms with van der Waals surface area (Å²) in [6.45, 7) is 1.85. The zero-order chi connectivity index (χ0) is 50.0. The second kappa shape index (κ2) is 21.9. The summed E-state index contributed by atoms with van der Waals surface area (Å²) < 4.78 is 55.0. The number of nitrogens with zero attached hydrogens (tertiary/aromatic N) is 4. The van der Waals surface area contributed by atoms with Gasteiger partial charge >= 0.3 is 12.2 Å².